The third-order valence-electron chi connectivity index (χ3n) is 0. The van der Waals surface area contributed by atoms with E-state index in [4.69, 9.17) is 14.7 Å². The molecule has 0 heterocycles. The van der Waals surface area contributed by atoms with Gasteiger partial charge >= 0.3 is 6.72 Å². The van der Waals surface area contributed by atoms with Crippen LogP contribution in [0.3, 0.4) is 0 Å². The molecule has 0 atom stereocenters. The van der Waals surface area contributed by atoms with Crippen molar-refractivity contribution >= 4 is 43.0 Å². The number of rotatable bonds is 0. The van der Waals surface area contributed by atoms with Crippen LogP contribution in [0.25, 0.3) is 0 Å². The van der Waals surface area contributed by atoms with Gasteiger partial charge in [0.05, 0.1) is 0 Å². The van der Waals surface area contributed by atoms with Gasteiger partial charge in [-0.1, -0.05) is 0 Å². The molecule has 0 bridgehead atoms. The maximum Gasteiger partial charge on any atom is 0.319 e. The van der Waals surface area contributed by atoms with Crippen molar-refractivity contribution in [2.24, 2.45) is 0 Å². The molecular formula is H3O3PSSb. The second-order valence-corrected chi connectivity index (χ2v) is 3.01. The van der Waals surface area contributed by atoms with Crippen LogP contribution in [0, 0.1) is 0 Å². The second kappa shape index (κ2) is 3.36. The Kier molecular flexibility index (Phi) is 5.80. The van der Waals surface area contributed by atoms with Gasteiger partial charge in [-0.3, -0.25) is 0 Å². The van der Waals surface area contributed by atoms with Gasteiger partial charge in [-0.15, -0.1) is 0 Å². The summed E-state index contributed by atoms with van der Waals surface area (Å²) in [5.74, 6) is 0. The minimum atomic E-state index is -3.81. The normalized spacial score (nSPS) is 9.83. The molecule has 0 fully saturated rings. The van der Waals surface area contributed by atoms with Crippen molar-refractivity contribution in [3.8, 4) is 0 Å². The van der Waals surface area contributed by atoms with Gasteiger partial charge in [0, 0.05) is 24.4 Å². The fraction of sp³-hybridized carbons (Fsp3) is 0. The van der Waals surface area contributed by atoms with Gasteiger partial charge in [-0.25, -0.2) is 0 Å². The molecule has 0 spiro atoms. The van der Waals surface area contributed by atoms with Crippen LogP contribution in [-0.2, 0) is 11.8 Å². The van der Waals surface area contributed by atoms with Gasteiger partial charge in [-0.2, -0.15) is 0 Å². The molecule has 3 nitrogen and oxygen atoms in total. The third kappa shape index (κ3) is 55.6. The van der Waals surface area contributed by atoms with E-state index in [1.54, 1.807) is 0 Å². The minimum Gasteiger partial charge on any atom is -0.325 e. The smallest absolute Gasteiger partial charge is 0.319 e. The van der Waals surface area contributed by atoms with Crippen LogP contribution in [0.5, 0.6) is 0 Å². The number of hydrogen-bond acceptors (Lipinski definition) is 1. The van der Waals surface area contributed by atoms with Crippen molar-refractivity contribution in [2.75, 3.05) is 0 Å². The third-order valence-corrected chi connectivity index (χ3v) is 0. The standard InChI is InChI=1S/H3O3PS.Sb/c1-4(2,3)5;/h(H3,1,2,3,5);. The average Bonchev–Trinajstić information content (AvgIpc) is 0.722. The van der Waals surface area contributed by atoms with Crippen LogP contribution in [0.2, 0.25) is 0 Å². The average molecular weight is 236 g/mol. The Bertz CT molecular complexity index is 56.9. The summed E-state index contributed by atoms with van der Waals surface area (Å²) in [6.45, 7) is -3.81. The van der Waals surface area contributed by atoms with Gasteiger partial charge in [-0.05, 0) is 11.8 Å². The van der Waals surface area contributed by atoms with Crippen molar-refractivity contribution in [1.29, 1.82) is 0 Å². The van der Waals surface area contributed by atoms with Crippen molar-refractivity contribution < 1.29 is 14.7 Å². The van der Waals surface area contributed by atoms with Gasteiger partial charge < -0.3 is 14.7 Å². The summed E-state index contributed by atoms with van der Waals surface area (Å²) in [4.78, 5) is 22.7. The van der Waals surface area contributed by atoms with Crippen molar-refractivity contribution in [2.45, 2.75) is 0 Å². The zero-order valence-corrected chi connectivity index (χ0v) is 6.91. The Labute approximate surface area is 57.7 Å². The SMILES string of the molecule is OP(O)(O)=S.[Sb]. The van der Waals surface area contributed by atoms with E-state index in [1.807, 2.05) is 0 Å². The minimum absolute atomic E-state index is 0. The monoisotopic (exact) mass is 235 g/mol. The Balaban J connectivity index is 0. The molecular weight excluding hydrogens is 233 g/mol. The summed E-state index contributed by atoms with van der Waals surface area (Å²) in [6.07, 6.45) is 0. The molecule has 0 saturated carbocycles. The van der Waals surface area contributed by atoms with Gasteiger partial charge in [0.2, 0.25) is 0 Å². The van der Waals surface area contributed by atoms with E-state index in [-0.39, 0.29) is 24.4 Å². The van der Waals surface area contributed by atoms with E-state index in [1.165, 1.54) is 0 Å². The molecule has 6 heteroatoms. The molecule has 0 aliphatic carbocycles. The number of hydrogen-bond donors (Lipinski definition) is 3. The molecule has 6 heavy (non-hydrogen) atoms. The van der Waals surface area contributed by atoms with Gasteiger partial charge in [0.25, 0.3) is 0 Å². The molecule has 0 aromatic carbocycles. The van der Waals surface area contributed by atoms with Gasteiger partial charge in [0.15, 0.2) is 0 Å². The zero-order valence-electron chi connectivity index (χ0n) is 2.64. The molecule has 0 amide bonds. The van der Waals surface area contributed by atoms with E-state index >= 15 is 0 Å². The molecule has 3 radical (unpaired) electrons. The summed E-state index contributed by atoms with van der Waals surface area (Å²) in [5, 5.41) is 0. The van der Waals surface area contributed by atoms with Crippen LogP contribution in [0.15, 0.2) is 0 Å². The molecule has 0 rings (SSSR count). The molecule has 0 aromatic rings. The Morgan fingerprint density at radius 1 is 1.17 bits per heavy atom. The maximum atomic E-state index is 7.56. The zero-order chi connectivity index (χ0) is 4.50. The first-order chi connectivity index (χ1) is 2.00. The molecule has 3 N–H and O–H groups in total. The summed E-state index contributed by atoms with van der Waals surface area (Å²) in [7, 11) is 0. The maximum absolute atomic E-state index is 7.56. The first-order valence-electron chi connectivity index (χ1n) is 0.783. The fourth-order valence-corrected chi connectivity index (χ4v) is 0. The molecule has 37 valence electrons. The largest absolute Gasteiger partial charge is 0.325 e. The van der Waals surface area contributed by atoms with Crippen molar-refractivity contribution in [3.05, 3.63) is 0 Å². The van der Waals surface area contributed by atoms with E-state index in [0.717, 1.165) is 0 Å². The van der Waals surface area contributed by atoms with E-state index in [9.17, 15) is 0 Å². The second-order valence-electron chi connectivity index (χ2n) is 0.513. The molecule has 0 aliphatic rings. The van der Waals surface area contributed by atoms with Crippen LogP contribution in [0.4, 0.5) is 0 Å². The van der Waals surface area contributed by atoms with Crippen LogP contribution >= 0.6 is 6.72 Å². The quantitative estimate of drug-likeness (QED) is 0.365. The van der Waals surface area contributed by atoms with Crippen LogP contribution < -0.4 is 0 Å². The predicted molar refractivity (Wildman–Crippen MR) is 26.7 cm³/mol. The van der Waals surface area contributed by atoms with E-state index in [0.29, 0.717) is 0 Å². The Morgan fingerprint density at radius 3 is 1.17 bits per heavy atom. The van der Waals surface area contributed by atoms with E-state index < -0.39 is 6.72 Å². The summed E-state index contributed by atoms with van der Waals surface area (Å²) in [5.41, 5.74) is 0. The fourth-order valence-electron chi connectivity index (χ4n) is 0. The summed E-state index contributed by atoms with van der Waals surface area (Å²) in [6, 6.07) is 0. The molecule has 0 aliphatic heterocycles. The molecule has 0 aromatic heterocycles. The van der Waals surface area contributed by atoms with Crippen molar-refractivity contribution in [1.82, 2.24) is 0 Å². The summed E-state index contributed by atoms with van der Waals surface area (Å²) < 4.78 is 0. The van der Waals surface area contributed by atoms with Gasteiger partial charge in [0.1, 0.15) is 0 Å². The Hall–Kier alpha value is 1.35. The topological polar surface area (TPSA) is 60.7 Å². The predicted octanol–water partition coefficient (Wildman–Crippen LogP) is -1.19. The van der Waals surface area contributed by atoms with Crippen LogP contribution in [0.1, 0.15) is 0 Å². The molecule has 0 saturated heterocycles. The van der Waals surface area contributed by atoms with E-state index in [2.05, 4.69) is 11.8 Å². The first kappa shape index (κ1) is 10.4. The Morgan fingerprint density at radius 2 is 1.17 bits per heavy atom. The van der Waals surface area contributed by atoms with Crippen LogP contribution in [-0.4, -0.2) is 39.1 Å². The van der Waals surface area contributed by atoms with Crippen molar-refractivity contribution in [3.63, 3.8) is 0 Å². The first-order valence-corrected chi connectivity index (χ1v) is 3.44. The molecule has 0 unspecified atom stereocenters. The summed E-state index contributed by atoms with van der Waals surface area (Å²) >= 11 is 3.60.